The molecule has 0 radical (unpaired) electrons. The summed E-state index contributed by atoms with van der Waals surface area (Å²) >= 11 is 0. The maximum absolute atomic E-state index is 12.6. The molecule has 3 rings (SSSR count). The van der Waals surface area contributed by atoms with E-state index < -0.39 is 0 Å². The van der Waals surface area contributed by atoms with E-state index in [-0.39, 0.29) is 12.0 Å². The van der Waals surface area contributed by atoms with Crippen molar-refractivity contribution in [1.29, 1.82) is 0 Å². The van der Waals surface area contributed by atoms with Gasteiger partial charge in [0.25, 0.3) is 0 Å². The van der Waals surface area contributed by atoms with E-state index in [1.165, 1.54) is 25.9 Å². The fourth-order valence-corrected chi connectivity index (χ4v) is 3.94. The van der Waals surface area contributed by atoms with Crippen LogP contribution in [0.2, 0.25) is 0 Å². The Hall–Kier alpha value is -0.610. The second kappa shape index (κ2) is 5.17. The van der Waals surface area contributed by atoms with Gasteiger partial charge < -0.3 is 10.6 Å². The molecule has 3 fully saturated rings. The van der Waals surface area contributed by atoms with Crippen molar-refractivity contribution >= 4 is 5.91 Å². The number of carbonyl (C=O) groups is 1. The Morgan fingerprint density at radius 2 is 1.83 bits per heavy atom. The van der Waals surface area contributed by atoms with Gasteiger partial charge in [-0.25, -0.2) is 0 Å². The number of hydrogen-bond donors (Lipinski definition) is 1. The molecule has 3 atom stereocenters. The Morgan fingerprint density at radius 1 is 1.00 bits per heavy atom. The Labute approximate surface area is 109 Å². The first-order chi connectivity index (χ1) is 8.75. The van der Waals surface area contributed by atoms with Gasteiger partial charge in [0.15, 0.2) is 0 Å². The average molecular weight is 251 g/mol. The van der Waals surface area contributed by atoms with Gasteiger partial charge in [-0.05, 0) is 38.6 Å². The lowest BCUT2D eigenvalue weighted by atomic mass is 10.0. The molecule has 0 aromatic rings. The van der Waals surface area contributed by atoms with E-state index >= 15 is 0 Å². The van der Waals surface area contributed by atoms with Crippen LogP contribution in [0.25, 0.3) is 0 Å². The minimum atomic E-state index is 0.109. The molecule has 0 aromatic heterocycles. The molecule has 102 valence electrons. The molecule has 2 saturated heterocycles. The number of fused-ring (bicyclic) bond motifs is 1. The average Bonchev–Trinajstić information content (AvgIpc) is 2.93. The van der Waals surface area contributed by atoms with Crippen LogP contribution in [0, 0.1) is 5.92 Å². The predicted molar refractivity (Wildman–Crippen MR) is 71.1 cm³/mol. The Morgan fingerprint density at radius 3 is 2.61 bits per heavy atom. The van der Waals surface area contributed by atoms with Gasteiger partial charge in [0.05, 0.1) is 5.92 Å². The largest absolute Gasteiger partial charge is 0.341 e. The van der Waals surface area contributed by atoms with Crippen molar-refractivity contribution in [2.24, 2.45) is 11.7 Å². The highest BCUT2D eigenvalue weighted by Gasteiger charge is 2.36. The van der Waals surface area contributed by atoms with Crippen LogP contribution < -0.4 is 5.73 Å². The molecule has 3 aliphatic rings. The highest BCUT2D eigenvalue weighted by molar-refractivity contribution is 5.80. The minimum absolute atomic E-state index is 0.109. The quantitative estimate of drug-likeness (QED) is 0.750. The summed E-state index contributed by atoms with van der Waals surface area (Å²) in [4.78, 5) is 17.3. The summed E-state index contributed by atoms with van der Waals surface area (Å²) in [5.41, 5.74) is 6.07. The van der Waals surface area contributed by atoms with Crippen LogP contribution in [0.3, 0.4) is 0 Å². The molecule has 0 spiro atoms. The Bertz CT molecular complexity index is 320. The van der Waals surface area contributed by atoms with E-state index in [9.17, 15) is 4.79 Å². The lowest BCUT2D eigenvalue weighted by molar-refractivity contribution is -0.136. The van der Waals surface area contributed by atoms with Crippen molar-refractivity contribution < 1.29 is 4.79 Å². The molecule has 0 aromatic carbocycles. The molecular formula is C14H25N3O. The Balaban J connectivity index is 1.65. The van der Waals surface area contributed by atoms with Crippen molar-refractivity contribution in [1.82, 2.24) is 9.80 Å². The Kier molecular flexibility index (Phi) is 3.57. The molecule has 0 bridgehead atoms. The second-order valence-corrected chi connectivity index (χ2v) is 6.17. The number of amides is 1. The minimum Gasteiger partial charge on any atom is -0.341 e. The van der Waals surface area contributed by atoms with Crippen molar-refractivity contribution in [2.75, 3.05) is 26.2 Å². The molecule has 2 heterocycles. The van der Waals surface area contributed by atoms with E-state index in [0.29, 0.717) is 11.9 Å². The summed E-state index contributed by atoms with van der Waals surface area (Å²) < 4.78 is 0. The first-order valence-electron chi connectivity index (χ1n) is 7.54. The van der Waals surface area contributed by atoms with Crippen LogP contribution in [-0.4, -0.2) is 54.0 Å². The van der Waals surface area contributed by atoms with Crippen LogP contribution in [0.15, 0.2) is 0 Å². The first kappa shape index (κ1) is 12.4. The highest BCUT2D eigenvalue weighted by atomic mass is 16.2. The smallest absolute Gasteiger partial charge is 0.227 e. The molecular weight excluding hydrogens is 226 g/mol. The fraction of sp³-hybridized carbons (Fsp3) is 0.929. The second-order valence-electron chi connectivity index (χ2n) is 6.17. The van der Waals surface area contributed by atoms with E-state index in [2.05, 4.69) is 9.80 Å². The predicted octanol–water partition coefficient (Wildman–Crippen LogP) is 0.810. The lowest BCUT2D eigenvalue weighted by Gasteiger charge is -2.29. The molecule has 2 aliphatic heterocycles. The van der Waals surface area contributed by atoms with Gasteiger partial charge in [-0.15, -0.1) is 0 Å². The van der Waals surface area contributed by atoms with Crippen LogP contribution in [0.5, 0.6) is 0 Å². The number of nitrogens with zero attached hydrogens (tertiary/aromatic N) is 2. The normalized spacial score (nSPS) is 37.6. The third-order valence-corrected chi connectivity index (χ3v) is 5.00. The summed E-state index contributed by atoms with van der Waals surface area (Å²) in [5, 5.41) is 0. The molecule has 2 N–H and O–H groups in total. The third-order valence-electron chi connectivity index (χ3n) is 5.00. The molecule has 4 nitrogen and oxygen atoms in total. The van der Waals surface area contributed by atoms with Crippen molar-refractivity contribution in [3.05, 3.63) is 0 Å². The van der Waals surface area contributed by atoms with Crippen molar-refractivity contribution in [3.8, 4) is 0 Å². The van der Waals surface area contributed by atoms with Gasteiger partial charge in [-0.3, -0.25) is 9.69 Å². The van der Waals surface area contributed by atoms with Crippen molar-refractivity contribution in [3.63, 3.8) is 0 Å². The summed E-state index contributed by atoms with van der Waals surface area (Å²) in [6.45, 7) is 4.29. The van der Waals surface area contributed by atoms with Crippen LogP contribution >= 0.6 is 0 Å². The zero-order valence-corrected chi connectivity index (χ0v) is 11.2. The first-order valence-corrected chi connectivity index (χ1v) is 7.54. The van der Waals surface area contributed by atoms with Crippen LogP contribution in [-0.2, 0) is 4.79 Å². The number of nitrogens with two attached hydrogens (primary N) is 1. The van der Waals surface area contributed by atoms with Gasteiger partial charge in [0.1, 0.15) is 0 Å². The molecule has 18 heavy (non-hydrogen) atoms. The lowest BCUT2D eigenvalue weighted by Crippen LogP contribution is -2.45. The zero-order valence-electron chi connectivity index (χ0n) is 11.2. The van der Waals surface area contributed by atoms with Gasteiger partial charge in [-0.2, -0.15) is 0 Å². The summed E-state index contributed by atoms with van der Waals surface area (Å²) in [6, 6.07) is 0.731. The van der Waals surface area contributed by atoms with E-state index in [1.54, 1.807) is 0 Å². The van der Waals surface area contributed by atoms with Gasteiger partial charge in [0, 0.05) is 31.7 Å². The van der Waals surface area contributed by atoms with E-state index in [4.69, 9.17) is 5.73 Å². The molecule has 3 unspecified atom stereocenters. The number of carbonyl (C=O) groups excluding carboxylic acids is 1. The molecule has 1 saturated carbocycles. The summed E-state index contributed by atoms with van der Waals surface area (Å²) in [7, 11) is 0. The fourth-order valence-electron chi connectivity index (χ4n) is 3.94. The van der Waals surface area contributed by atoms with Gasteiger partial charge in [0.2, 0.25) is 5.91 Å². The summed E-state index contributed by atoms with van der Waals surface area (Å²) in [6.07, 6.45) is 6.85. The topological polar surface area (TPSA) is 49.6 Å². The monoisotopic (exact) mass is 251 g/mol. The van der Waals surface area contributed by atoms with Crippen LogP contribution in [0.1, 0.15) is 38.5 Å². The molecule has 4 heteroatoms. The standard InChI is InChI=1S/C14H25N3O/c15-13-6-1-5-12(13)14(18)17-9-3-8-16-7-2-4-11(16)10-17/h11-13H,1-10,15H2. The zero-order chi connectivity index (χ0) is 12.5. The maximum atomic E-state index is 12.6. The third kappa shape index (κ3) is 2.28. The van der Waals surface area contributed by atoms with E-state index in [1.807, 2.05) is 0 Å². The number of hydrogen-bond acceptors (Lipinski definition) is 3. The van der Waals surface area contributed by atoms with E-state index in [0.717, 1.165) is 38.8 Å². The SMILES string of the molecule is NC1CCCC1C(=O)N1CCCN2CCCC2C1. The van der Waals surface area contributed by atoms with Crippen molar-refractivity contribution in [2.45, 2.75) is 50.6 Å². The highest BCUT2D eigenvalue weighted by Crippen LogP contribution is 2.28. The number of rotatable bonds is 1. The molecule has 1 amide bonds. The maximum Gasteiger partial charge on any atom is 0.227 e. The van der Waals surface area contributed by atoms with Gasteiger partial charge in [-0.1, -0.05) is 6.42 Å². The molecule has 1 aliphatic carbocycles. The van der Waals surface area contributed by atoms with Gasteiger partial charge >= 0.3 is 0 Å². The van der Waals surface area contributed by atoms with Crippen LogP contribution in [0.4, 0.5) is 0 Å². The summed E-state index contributed by atoms with van der Waals surface area (Å²) in [5.74, 6) is 0.451.